The SMILES string of the molecule is CCOC(=O)[C@H](CCO)N(O[Si](C)(C)C(C)(C)C)C(=O)OC(C)(C)C. The van der Waals surface area contributed by atoms with Crippen LogP contribution in [0.5, 0.6) is 0 Å². The molecule has 0 fully saturated rings. The molecule has 25 heavy (non-hydrogen) atoms. The average molecular weight is 378 g/mol. The summed E-state index contributed by atoms with van der Waals surface area (Å²) in [7, 11) is -2.43. The van der Waals surface area contributed by atoms with Gasteiger partial charge in [-0.2, -0.15) is 5.06 Å². The molecule has 0 radical (unpaired) electrons. The number of amides is 1. The smallest absolute Gasteiger partial charge is 0.434 e. The van der Waals surface area contributed by atoms with E-state index in [1.165, 1.54) is 0 Å². The Labute approximate surface area is 152 Å². The Morgan fingerprint density at radius 2 is 1.64 bits per heavy atom. The molecule has 0 saturated heterocycles. The number of aliphatic hydroxyl groups is 1. The average Bonchev–Trinajstić information content (AvgIpc) is 2.39. The summed E-state index contributed by atoms with van der Waals surface area (Å²) >= 11 is 0. The molecule has 1 amide bonds. The van der Waals surface area contributed by atoms with Crippen LogP contribution in [0.1, 0.15) is 54.9 Å². The third-order valence-corrected chi connectivity index (χ3v) is 8.22. The fraction of sp³-hybridized carbons (Fsp3) is 0.882. The van der Waals surface area contributed by atoms with Crippen molar-refractivity contribution >= 4 is 20.4 Å². The number of hydrogen-bond donors (Lipinski definition) is 1. The molecule has 0 aromatic rings. The molecule has 0 aliphatic rings. The summed E-state index contributed by atoms with van der Waals surface area (Å²) in [5.41, 5.74) is -0.745. The van der Waals surface area contributed by atoms with Crippen LogP contribution in [0.25, 0.3) is 0 Å². The molecule has 0 aliphatic heterocycles. The number of carbonyl (C=O) groups excluding carboxylic acids is 2. The van der Waals surface area contributed by atoms with E-state index in [9.17, 15) is 14.7 Å². The van der Waals surface area contributed by atoms with Gasteiger partial charge in [0, 0.05) is 13.0 Å². The molecule has 0 saturated carbocycles. The fourth-order valence-electron chi connectivity index (χ4n) is 1.61. The first-order chi connectivity index (χ1) is 11.2. The molecule has 1 N–H and O–H groups in total. The Kier molecular flexibility index (Phi) is 8.60. The number of carbonyl (C=O) groups is 2. The number of hydrogen-bond acceptors (Lipinski definition) is 6. The van der Waals surface area contributed by atoms with E-state index in [0.717, 1.165) is 5.06 Å². The number of esters is 1. The van der Waals surface area contributed by atoms with Gasteiger partial charge in [-0.15, -0.1) is 0 Å². The van der Waals surface area contributed by atoms with Gasteiger partial charge >= 0.3 is 12.1 Å². The van der Waals surface area contributed by atoms with Gasteiger partial charge in [0.2, 0.25) is 8.32 Å². The highest BCUT2D eigenvalue weighted by Crippen LogP contribution is 2.38. The fourth-order valence-corrected chi connectivity index (χ4v) is 2.58. The third-order valence-electron chi connectivity index (χ3n) is 3.95. The lowest BCUT2D eigenvalue weighted by atomic mass is 10.2. The molecule has 0 unspecified atom stereocenters. The molecule has 0 heterocycles. The maximum absolute atomic E-state index is 12.7. The molecule has 0 bridgehead atoms. The third kappa shape index (κ3) is 7.75. The molecule has 0 aromatic carbocycles. The van der Waals surface area contributed by atoms with Gasteiger partial charge in [-0.3, -0.25) is 0 Å². The monoisotopic (exact) mass is 377 g/mol. The molecule has 148 valence electrons. The predicted octanol–water partition coefficient (Wildman–Crippen LogP) is 3.47. The van der Waals surface area contributed by atoms with Gasteiger partial charge in [0.25, 0.3) is 0 Å². The standard InChI is InChI=1S/C17H35NO6Si/c1-10-22-14(20)13(11-12-19)18(15(21)23-16(2,3)4)24-25(8,9)17(5,6)7/h13,19H,10-12H2,1-9H3/t13-/m0/s1. The van der Waals surface area contributed by atoms with Gasteiger partial charge in [-0.05, 0) is 45.8 Å². The molecule has 0 rings (SSSR count). The Morgan fingerprint density at radius 3 is 2.00 bits per heavy atom. The zero-order valence-electron chi connectivity index (χ0n) is 17.1. The van der Waals surface area contributed by atoms with E-state index in [1.807, 2.05) is 33.9 Å². The lowest BCUT2D eigenvalue weighted by Gasteiger charge is -2.41. The van der Waals surface area contributed by atoms with Gasteiger partial charge in [-0.1, -0.05) is 20.8 Å². The van der Waals surface area contributed by atoms with Crippen molar-refractivity contribution in [2.45, 2.75) is 84.7 Å². The minimum Gasteiger partial charge on any atom is -0.464 e. The zero-order chi connectivity index (χ0) is 20.1. The Balaban J connectivity index is 5.77. The van der Waals surface area contributed by atoms with E-state index in [1.54, 1.807) is 27.7 Å². The van der Waals surface area contributed by atoms with Crippen molar-refractivity contribution in [1.29, 1.82) is 0 Å². The normalized spacial score (nSPS) is 14.0. The van der Waals surface area contributed by atoms with Crippen LogP contribution in [-0.4, -0.2) is 55.4 Å². The van der Waals surface area contributed by atoms with Crippen LogP contribution in [0.2, 0.25) is 18.1 Å². The maximum atomic E-state index is 12.7. The number of nitrogens with zero attached hydrogens (tertiary/aromatic N) is 1. The number of ether oxygens (including phenoxy) is 2. The van der Waals surface area contributed by atoms with Crippen LogP contribution in [0, 0.1) is 0 Å². The van der Waals surface area contributed by atoms with Crippen molar-refractivity contribution in [3.8, 4) is 0 Å². The Bertz CT molecular complexity index is 453. The first-order valence-corrected chi connectivity index (χ1v) is 11.6. The molecule has 0 aliphatic carbocycles. The second-order valence-electron chi connectivity index (χ2n) is 8.44. The number of hydroxylamine groups is 2. The summed E-state index contributed by atoms with van der Waals surface area (Å²) < 4.78 is 16.5. The summed E-state index contributed by atoms with van der Waals surface area (Å²) in [5, 5.41) is 10.1. The summed E-state index contributed by atoms with van der Waals surface area (Å²) in [6, 6.07) is -1.06. The van der Waals surface area contributed by atoms with Crippen molar-refractivity contribution in [2.24, 2.45) is 0 Å². The molecule has 1 atom stereocenters. The van der Waals surface area contributed by atoms with Crippen molar-refractivity contribution in [3.63, 3.8) is 0 Å². The predicted molar refractivity (Wildman–Crippen MR) is 98.5 cm³/mol. The molecule has 7 nitrogen and oxygen atoms in total. The molecule has 0 spiro atoms. The lowest BCUT2D eigenvalue weighted by molar-refractivity contribution is -0.167. The topological polar surface area (TPSA) is 85.3 Å². The van der Waals surface area contributed by atoms with Crippen LogP contribution in [0.4, 0.5) is 4.79 Å². The molecule has 8 heteroatoms. The Morgan fingerprint density at radius 1 is 1.12 bits per heavy atom. The molecular weight excluding hydrogens is 342 g/mol. The van der Waals surface area contributed by atoms with Gasteiger partial charge in [-0.25, -0.2) is 9.59 Å². The minimum atomic E-state index is -2.43. The van der Waals surface area contributed by atoms with Crippen molar-refractivity contribution in [1.82, 2.24) is 5.06 Å². The van der Waals surface area contributed by atoms with Crippen LogP contribution in [0.15, 0.2) is 0 Å². The van der Waals surface area contributed by atoms with E-state index in [2.05, 4.69) is 0 Å². The van der Waals surface area contributed by atoms with Crippen LogP contribution < -0.4 is 0 Å². The van der Waals surface area contributed by atoms with Gasteiger partial charge in [0.1, 0.15) is 5.60 Å². The highest BCUT2D eigenvalue weighted by molar-refractivity contribution is 6.74. The van der Waals surface area contributed by atoms with E-state index in [-0.39, 0.29) is 24.7 Å². The van der Waals surface area contributed by atoms with Crippen LogP contribution >= 0.6 is 0 Å². The van der Waals surface area contributed by atoms with Gasteiger partial charge in [0.15, 0.2) is 6.04 Å². The second-order valence-corrected chi connectivity index (χ2v) is 13.1. The molecular formula is C17H35NO6Si. The number of rotatable bonds is 7. The van der Waals surface area contributed by atoms with E-state index in [0.29, 0.717) is 0 Å². The molecule has 0 aromatic heterocycles. The van der Waals surface area contributed by atoms with Crippen LogP contribution in [-0.2, 0) is 18.8 Å². The highest BCUT2D eigenvalue weighted by Gasteiger charge is 2.45. The summed E-state index contributed by atoms with van der Waals surface area (Å²) in [6.07, 6.45) is -0.754. The summed E-state index contributed by atoms with van der Waals surface area (Å²) in [4.78, 5) is 25.0. The lowest BCUT2D eigenvalue weighted by Crippen LogP contribution is -2.55. The maximum Gasteiger partial charge on any atom is 0.434 e. The Hall–Kier alpha value is -1.12. The van der Waals surface area contributed by atoms with Crippen molar-refractivity contribution in [3.05, 3.63) is 0 Å². The zero-order valence-corrected chi connectivity index (χ0v) is 18.1. The van der Waals surface area contributed by atoms with Crippen molar-refractivity contribution in [2.75, 3.05) is 13.2 Å². The minimum absolute atomic E-state index is 0.00665. The first-order valence-electron chi connectivity index (χ1n) is 8.65. The highest BCUT2D eigenvalue weighted by atomic mass is 28.4. The van der Waals surface area contributed by atoms with E-state index >= 15 is 0 Å². The van der Waals surface area contributed by atoms with Gasteiger partial charge < -0.3 is 19.1 Å². The van der Waals surface area contributed by atoms with Crippen molar-refractivity contribution < 1.29 is 28.7 Å². The number of aliphatic hydroxyl groups excluding tert-OH is 1. The summed E-state index contributed by atoms with van der Waals surface area (Å²) in [5.74, 6) is -0.624. The second kappa shape index (κ2) is 9.00. The van der Waals surface area contributed by atoms with E-state index < -0.39 is 32.0 Å². The van der Waals surface area contributed by atoms with E-state index in [4.69, 9.17) is 14.0 Å². The van der Waals surface area contributed by atoms with Gasteiger partial charge in [0.05, 0.1) is 6.61 Å². The summed E-state index contributed by atoms with van der Waals surface area (Å²) in [6.45, 7) is 16.8. The largest absolute Gasteiger partial charge is 0.464 e. The first kappa shape index (κ1) is 23.9. The quantitative estimate of drug-likeness (QED) is 0.415. The van der Waals surface area contributed by atoms with Crippen LogP contribution in [0.3, 0.4) is 0 Å².